The quantitative estimate of drug-likeness (QED) is 0.140. The molecule has 336 valence electrons. The third kappa shape index (κ3) is 7.44. The third-order valence-electron chi connectivity index (χ3n) is 14.9. The molecule has 71 heavy (non-hydrogen) atoms. The average Bonchev–Trinajstić information content (AvgIpc) is 3.89. The minimum Gasteiger partial charge on any atom is -0.311 e. The lowest BCUT2D eigenvalue weighted by atomic mass is 9.81. The molecule has 11 aromatic carbocycles. The highest BCUT2D eigenvalue weighted by Gasteiger charge is 2.35. The first-order chi connectivity index (χ1) is 34.9. The first-order valence-electron chi connectivity index (χ1n) is 24.7. The summed E-state index contributed by atoms with van der Waals surface area (Å²) in [4.78, 5) is 2.34. The first kappa shape index (κ1) is 42.1. The van der Waals surface area contributed by atoms with Crippen molar-refractivity contribution >= 4 is 38.9 Å². The maximum atomic E-state index is 2.40. The zero-order valence-corrected chi connectivity index (χ0v) is 39.8. The highest BCUT2D eigenvalue weighted by Crippen LogP contribution is 2.50. The van der Waals surface area contributed by atoms with Crippen molar-refractivity contribution in [2.45, 2.75) is 19.3 Å². The van der Waals surface area contributed by atoms with Crippen LogP contribution in [-0.4, -0.2) is 4.57 Å². The Morgan fingerprint density at radius 2 is 0.662 bits per heavy atom. The van der Waals surface area contributed by atoms with Crippen molar-refractivity contribution in [1.82, 2.24) is 4.57 Å². The molecule has 0 saturated heterocycles. The summed E-state index contributed by atoms with van der Waals surface area (Å²) in [6.07, 6.45) is 0. The molecule has 0 bridgehead atoms. The van der Waals surface area contributed by atoms with E-state index in [1.807, 2.05) is 0 Å². The molecule has 2 nitrogen and oxygen atoms in total. The molecular formula is C69H50N2. The van der Waals surface area contributed by atoms with Crippen molar-refractivity contribution in [2.75, 3.05) is 4.90 Å². The molecule has 0 fully saturated rings. The summed E-state index contributed by atoms with van der Waals surface area (Å²) in [6, 6.07) is 97.5. The third-order valence-corrected chi connectivity index (χ3v) is 14.9. The fourth-order valence-corrected chi connectivity index (χ4v) is 11.1. The second-order valence-corrected chi connectivity index (χ2v) is 19.3. The summed E-state index contributed by atoms with van der Waals surface area (Å²) >= 11 is 0. The zero-order valence-electron chi connectivity index (χ0n) is 39.8. The maximum absolute atomic E-state index is 2.40. The van der Waals surface area contributed by atoms with Gasteiger partial charge in [0.15, 0.2) is 0 Å². The van der Waals surface area contributed by atoms with Crippen LogP contribution in [0.2, 0.25) is 0 Å². The summed E-state index contributed by atoms with van der Waals surface area (Å²) in [7, 11) is 0. The van der Waals surface area contributed by atoms with E-state index in [1.165, 1.54) is 105 Å². The summed E-state index contributed by atoms with van der Waals surface area (Å²) < 4.78 is 2.37. The molecule has 1 aliphatic carbocycles. The number of aromatic nitrogens is 1. The second kappa shape index (κ2) is 17.2. The van der Waals surface area contributed by atoms with E-state index in [4.69, 9.17) is 0 Å². The van der Waals surface area contributed by atoms with Gasteiger partial charge in [-0.15, -0.1) is 0 Å². The normalized spacial score (nSPS) is 12.5. The second-order valence-electron chi connectivity index (χ2n) is 19.3. The van der Waals surface area contributed by atoms with Crippen LogP contribution in [0.15, 0.2) is 267 Å². The van der Waals surface area contributed by atoms with Crippen LogP contribution < -0.4 is 4.90 Å². The van der Waals surface area contributed by atoms with Gasteiger partial charge in [-0.25, -0.2) is 0 Å². The fourth-order valence-electron chi connectivity index (χ4n) is 11.1. The first-order valence-corrected chi connectivity index (χ1v) is 24.7. The Morgan fingerprint density at radius 1 is 0.282 bits per heavy atom. The van der Waals surface area contributed by atoms with Crippen LogP contribution >= 0.6 is 0 Å². The van der Waals surface area contributed by atoms with E-state index in [-0.39, 0.29) is 5.41 Å². The summed E-state index contributed by atoms with van der Waals surface area (Å²) in [5.41, 5.74) is 24.5. The minimum absolute atomic E-state index is 0.0315. The number of anilines is 3. The van der Waals surface area contributed by atoms with E-state index >= 15 is 0 Å². The van der Waals surface area contributed by atoms with E-state index in [1.54, 1.807) is 0 Å². The van der Waals surface area contributed by atoms with E-state index in [2.05, 4.69) is 290 Å². The van der Waals surface area contributed by atoms with Crippen molar-refractivity contribution in [2.24, 2.45) is 0 Å². The lowest BCUT2D eigenvalue weighted by Gasteiger charge is -2.26. The monoisotopic (exact) mass is 906 g/mol. The van der Waals surface area contributed by atoms with Crippen LogP contribution in [0.5, 0.6) is 0 Å². The molecule has 2 heteroatoms. The molecule has 13 rings (SSSR count). The molecular weight excluding hydrogens is 857 g/mol. The molecule has 1 aromatic heterocycles. The molecule has 0 spiro atoms. The van der Waals surface area contributed by atoms with Crippen LogP contribution in [0.4, 0.5) is 17.1 Å². The molecule has 0 saturated carbocycles. The molecule has 0 aliphatic heterocycles. The fraction of sp³-hybridized carbons (Fsp3) is 0.0435. The lowest BCUT2D eigenvalue weighted by Crippen LogP contribution is -2.14. The van der Waals surface area contributed by atoms with Crippen molar-refractivity contribution < 1.29 is 0 Å². The Bertz CT molecular complexity index is 3880. The summed E-state index contributed by atoms with van der Waals surface area (Å²) in [5.74, 6) is 0. The van der Waals surface area contributed by atoms with E-state index in [0.29, 0.717) is 0 Å². The maximum Gasteiger partial charge on any atom is 0.0541 e. The number of nitrogens with zero attached hydrogens (tertiary/aromatic N) is 2. The Kier molecular flexibility index (Phi) is 10.2. The van der Waals surface area contributed by atoms with Gasteiger partial charge in [0.05, 0.1) is 11.0 Å². The van der Waals surface area contributed by atoms with Gasteiger partial charge in [0.25, 0.3) is 0 Å². The summed E-state index contributed by atoms with van der Waals surface area (Å²) in [5, 5.41) is 2.53. The van der Waals surface area contributed by atoms with Crippen LogP contribution in [0.3, 0.4) is 0 Å². The van der Waals surface area contributed by atoms with Gasteiger partial charge < -0.3 is 9.47 Å². The largest absolute Gasteiger partial charge is 0.311 e. The Balaban J connectivity index is 0.709. The Hall–Kier alpha value is -8.98. The van der Waals surface area contributed by atoms with Gasteiger partial charge in [0, 0.05) is 38.9 Å². The number of para-hydroxylation sites is 3. The molecule has 1 heterocycles. The topological polar surface area (TPSA) is 8.17 Å². The van der Waals surface area contributed by atoms with Crippen molar-refractivity contribution in [3.63, 3.8) is 0 Å². The van der Waals surface area contributed by atoms with Crippen LogP contribution in [0, 0.1) is 0 Å². The predicted octanol–water partition coefficient (Wildman–Crippen LogP) is 18.9. The Morgan fingerprint density at radius 3 is 1.23 bits per heavy atom. The van der Waals surface area contributed by atoms with Gasteiger partial charge in [-0.1, -0.05) is 208 Å². The van der Waals surface area contributed by atoms with Gasteiger partial charge in [-0.3, -0.25) is 0 Å². The van der Waals surface area contributed by atoms with Gasteiger partial charge in [0.1, 0.15) is 0 Å². The molecule has 12 aromatic rings. The zero-order chi connectivity index (χ0) is 47.5. The molecule has 0 atom stereocenters. The predicted molar refractivity (Wildman–Crippen MR) is 300 cm³/mol. The highest BCUT2D eigenvalue weighted by atomic mass is 15.1. The lowest BCUT2D eigenvalue weighted by molar-refractivity contribution is 0.660. The van der Waals surface area contributed by atoms with Crippen LogP contribution in [-0.2, 0) is 5.41 Å². The van der Waals surface area contributed by atoms with Crippen LogP contribution in [0.25, 0.3) is 94.3 Å². The average molecular weight is 907 g/mol. The smallest absolute Gasteiger partial charge is 0.0541 e. The van der Waals surface area contributed by atoms with Crippen molar-refractivity contribution in [3.8, 4) is 72.4 Å². The number of fused-ring (bicyclic) bond motifs is 6. The number of benzene rings is 11. The molecule has 1 aliphatic rings. The number of hydrogen-bond acceptors (Lipinski definition) is 1. The molecule has 0 unspecified atom stereocenters. The Labute approximate surface area is 416 Å². The van der Waals surface area contributed by atoms with Crippen molar-refractivity contribution in [1.29, 1.82) is 0 Å². The van der Waals surface area contributed by atoms with Crippen LogP contribution in [0.1, 0.15) is 25.0 Å². The minimum atomic E-state index is -0.0315. The van der Waals surface area contributed by atoms with E-state index in [0.717, 1.165) is 17.1 Å². The van der Waals surface area contributed by atoms with E-state index < -0.39 is 0 Å². The van der Waals surface area contributed by atoms with Crippen molar-refractivity contribution in [3.05, 3.63) is 278 Å². The van der Waals surface area contributed by atoms with Gasteiger partial charge >= 0.3 is 0 Å². The number of rotatable bonds is 9. The van der Waals surface area contributed by atoms with E-state index in [9.17, 15) is 0 Å². The number of hydrogen-bond donors (Lipinski definition) is 0. The highest BCUT2D eigenvalue weighted by molar-refractivity contribution is 6.10. The standard InChI is InChI=1S/C69H50N2/c1-69(2)65-19-11-9-17-61(65)62-43-37-56(46-66(62)69)54-35-41-60(42-36-54)70(57-13-5-3-6-14-57)59-39-33-52(34-40-59)51-27-25-48(26-28-51)47-21-23-49(24-22-47)50-29-31-53(32-30-50)55-38-44-68-64(45-55)63-18-10-12-20-67(63)71(68)58-15-7-4-8-16-58/h3-46H,1-2H3. The van der Waals surface area contributed by atoms with Gasteiger partial charge in [-0.2, -0.15) is 0 Å². The van der Waals surface area contributed by atoms with Gasteiger partial charge in [-0.05, 0) is 151 Å². The molecule has 0 radical (unpaired) electrons. The SMILES string of the molecule is CC1(C)c2ccccc2-c2ccc(-c3ccc(N(c4ccccc4)c4ccc(-c5ccc(-c6ccc(-c7ccc(-c8ccc9c(c8)c8ccccc8n9-c8ccccc8)cc7)cc6)cc5)cc4)cc3)cc21. The van der Waals surface area contributed by atoms with Gasteiger partial charge in [0.2, 0.25) is 0 Å². The molecule has 0 amide bonds. The summed E-state index contributed by atoms with van der Waals surface area (Å²) in [6.45, 7) is 4.69. The molecule has 0 N–H and O–H groups in total.